The summed E-state index contributed by atoms with van der Waals surface area (Å²) in [7, 11) is -3.83. The third kappa shape index (κ3) is 7.71. The van der Waals surface area contributed by atoms with Crippen molar-refractivity contribution in [3.63, 3.8) is 0 Å². The number of hydrogen-bond acceptors (Lipinski definition) is 9. The lowest BCUT2D eigenvalue weighted by atomic mass is 9.77. The highest BCUT2D eigenvalue weighted by atomic mass is 32.2. The summed E-state index contributed by atoms with van der Waals surface area (Å²) in [4.78, 5) is 62.1. The number of benzene rings is 1. The van der Waals surface area contributed by atoms with Crippen molar-refractivity contribution in [3.8, 4) is 5.88 Å². The number of allylic oxidation sites excluding steroid dienone is 1. The van der Waals surface area contributed by atoms with Crippen LogP contribution < -0.4 is 9.46 Å². The number of carbonyl (C=O) groups is 4. The van der Waals surface area contributed by atoms with E-state index in [-0.39, 0.29) is 49.3 Å². The van der Waals surface area contributed by atoms with Gasteiger partial charge in [0.1, 0.15) is 6.10 Å². The van der Waals surface area contributed by atoms with E-state index in [4.69, 9.17) is 9.47 Å². The number of amides is 2. The van der Waals surface area contributed by atoms with E-state index in [2.05, 4.69) is 28.4 Å². The van der Waals surface area contributed by atoms with E-state index in [9.17, 15) is 27.6 Å². The molecule has 5 atom stereocenters. The molecule has 3 heterocycles. The zero-order valence-electron chi connectivity index (χ0n) is 29.2. The molecule has 12 heteroatoms. The van der Waals surface area contributed by atoms with Gasteiger partial charge in [-0.3, -0.25) is 23.9 Å². The second kappa shape index (κ2) is 14.7. The highest BCUT2D eigenvalue weighted by Gasteiger charge is 2.61. The SMILES string of the molecule is C=C[C@H]1C[C@]1(CC(=O)[C@@H]1C[C@@H]2CN1C(=O)[C@H](C1CCCCC1)CC(=O)OCCCCCc1ccc3ccnc(c3c1)O2)C(=O)NS(=O)(=O)C1CC1. The monoisotopic (exact) mass is 719 g/mol. The standard InChI is InChI=1S/C39H49N3O8S/c1-2-28-22-39(28,38(46)41-51(47,48)30-14-15-30)23-34(43)33-20-29-24-42(33)37(45)32(26-10-6-3-7-11-26)21-35(44)49-18-8-4-5-9-25-12-13-27-16-17-40-36(50-29)31(27)19-25/h2,12-13,16-17,19,26,28-30,32-33H,1,3-11,14-15,18,20-24H2,(H,41,46)/t28-,29+,32-,33-,39+/m0/s1. The normalized spacial score (nSPS) is 29.5. The van der Waals surface area contributed by atoms with E-state index in [0.29, 0.717) is 31.7 Å². The van der Waals surface area contributed by atoms with E-state index < -0.39 is 50.6 Å². The molecule has 51 heavy (non-hydrogen) atoms. The quantitative estimate of drug-likeness (QED) is 0.287. The average molecular weight is 720 g/mol. The molecule has 4 fully saturated rings. The Balaban J connectivity index is 1.20. The Morgan fingerprint density at radius 3 is 2.57 bits per heavy atom. The highest BCUT2D eigenvalue weighted by molar-refractivity contribution is 7.90. The number of sulfonamides is 1. The van der Waals surface area contributed by atoms with Crippen LogP contribution in [-0.2, 0) is 40.4 Å². The van der Waals surface area contributed by atoms with Crippen molar-refractivity contribution in [2.75, 3.05) is 13.2 Å². The minimum atomic E-state index is -3.83. The number of hydrogen-bond donors (Lipinski definition) is 1. The second-order valence-corrected chi connectivity index (χ2v) is 17.4. The van der Waals surface area contributed by atoms with Crippen LogP contribution in [0.15, 0.2) is 43.1 Å². The van der Waals surface area contributed by atoms with Crippen molar-refractivity contribution in [1.29, 1.82) is 0 Å². The number of ketones is 1. The Bertz CT molecular complexity index is 1800. The lowest BCUT2D eigenvalue weighted by Gasteiger charge is -2.34. The van der Waals surface area contributed by atoms with Crippen LogP contribution in [0.3, 0.4) is 0 Å². The van der Waals surface area contributed by atoms with Gasteiger partial charge in [0, 0.05) is 24.4 Å². The highest BCUT2D eigenvalue weighted by Crippen LogP contribution is 2.57. The van der Waals surface area contributed by atoms with Crippen LogP contribution >= 0.6 is 0 Å². The number of cyclic esters (lactones) is 1. The molecule has 0 spiro atoms. The van der Waals surface area contributed by atoms with Gasteiger partial charge in [-0.25, -0.2) is 13.4 Å². The minimum Gasteiger partial charge on any atom is -0.472 e. The van der Waals surface area contributed by atoms with Crippen molar-refractivity contribution >= 4 is 44.4 Å². The van der Waals surface area contributed by atoms with Crippen molar-refractivity contribution < 1.29 is 37.1 Å². The molecule has 0 unspecified atom stereocenters. The van der Waals surface area contributed by atoms with Crippen molar-refractivity contribution in [3.05, 3.63) is 48.7 Å². The van der Waals surface area contributed by atoms with Gasteiger partial charge >= 0.3 is 5.97 Å². The van der Waals surface area contributed by atoms with E-state index in [1.165, 1.54) is 0 Å². The fraction of sp³-hybridized carbons (Fsp3) is 0.615. The summed E-state index contributed by atoms with van der Waals surface area (Å²) in [6, 6.07) is 7.23. The number of fused-ring (bicyclic) bond motifs is 3. The maximum absolute atomic E-state index is 14.7. The molecule has 2 aromatic rings. The first kappa shape index (κ1) is 35.6. The van der Waals surface area contributed by atoms with E-state index in [0.717, 1.165) is 74.1 Å². The van der Waals surface area contributed by atoms with Crippen LogP contribution in [0.1, 0.15) is 95.5 Å². The van der Waals surface area contributed by atoms with Gasteiger partial charge in [0.05, 0.1) is 42.2 Å². The van der Waals surface area contributed by atoms with Gasteiger partial charge in [0.2, 0.25) is 27.7 Å². The topological polar surface area (TPSA) is 149 Å². The minimum absolute atomic E-state index is 0.0170. The summed E-state index contributed by atoms with van der Waals surface area (Å²) in [5.41, 5.74) is -0.112. The van der Waals surface area contributed by atoms with Gasteiger partial charge in [0.25, 0.3) is 0 Å². The molecule has 1 aromatic heterocycles. The third-order valence-corrected chi connectivity index (χ3v) is 13.7. The van der Waals surface area contributed by atoms with Crippen molar-refractivity contribution in [1.82, 2.24) is 14.6 Å². The lowest BCUT2D eigenvalue weighted by Crippen LogP contribution is -2.48. The summed E-state index contributed by atoms with van der Waals surface area (Å²) < 4.78 is 39.9. The van der Waals surface area contributed by atoms with Crippen LogP contribution in [0.4, 0.5) is 0 Å². The number of nitrogens with one attached hydrogen (secondary N) is 1. The molecular formula is C39H49N3O8S. The molecule has 0 radical (unpaired) electrons. The molecule has 11 nitrogen and oxygen atoms in total. The number of aryl methyl sites for hydroxylation is 1. The number of aromatic nitrogens is 1. The molecule has 2 amide bonds. The van der Waals surface area contributed by atoms with Gasteiger partial charge in [-0.1, -0.05) is 37.5 Å². The molecule has 3 saturated carbocycles. The molecule has 2 aliphatic heterocycles. The number of ether oxygens (including phenoxy) is 2. The zero-order chi connectivity index (χ0) is 35.8. The summed E-state index contributed by atoms with van der Waals surface area (Å²) in [6.45, 7) is 4.25. The Morgan fingerprint density at radius 2 is 1.82 bits per heavy atom. The molecule has 1 N–H and O–H groups in total. The summed E-state index contributed by atoms with van der Waals surface area (Å²) in [6.07, 6.45) is 12.0. The van der Waals surface area contributed by atoms with Crippen LogP contribution in [-0.4, -0.2) is 72.4 Å². The van der Waals surface area contributed by atoms with Crippen LogP contribution in [0, 0.1) is 23.2 Å². The van der Waals surface area contributed by atoms with Gasteiger partial charge in [-0.15, -0.1) is 6.58 Å². The van der Waals surface area contributed by atoms with E-state index >= 15 is 0 Å². The predicted octanol–water partition coefficient (Wildman–Crippen LogP) is 5.20. The molecular weight excluding hydrogens is 671 g/mol. The number of rotatable bonds is 8. The molecule has 3 aliphatic carbocycles. The smallest absolute Gasteiger partial charge is 0.306 e. The Morgan fingerprint density at radius 1 is 1.04 bits per heavy atom. The average Bonchev–Trinajstić information content (AvgIpc) is 4.05. The number of esters is 1. The number of pyridine rings is 1. The van der Waals surface area contributed by atoms with Crippen molar-refractivity contribution in [2.24, 2.45) is 23.2 Å². The third-order valence-electron chi connectivity index (χ3n) is 11.8. The number of Topliss-reactive ketones (excluding diaryl/α,β-unsaturated/α-hetero) is 1. The van der Waals surface area contributed by atoms with Gasteiger partial charge in [-0.2, -0.15) is 0 Å². The zero-order valence-corrected chi connectivity index (χ0v) is 30.0. The number of carbonyl (C=O) groups excluding carboxylic acids is 4. The van der Waals surface area contributed by atoms with Crippen molar-refractivity contribution in [2.45, 2.75) is 114 Å². The Kier molecular flexibility index (Phi) is 10.2. The molecule has 1 aromatic carbocycles. The first-order chi connectivity index (χ1) is 24.6. The summed E-state index contributed by atoms with van der Waals surface area (Å²) in [5.74, 6) is -2.29. The van der Waals surface area contributed by atoms with Crippen LogP contribution in [0.5, 0.6) is 5.88 Å². The first-order valence-electron chi connectivity index (χ1n) is 18.8. The maximum Gasteiger partial charge on any atom is 0.306 e. The summed E-state index contributed by atoms with van der Waals surface area (Å²) in [5, 5.41) is 1.24. The molecule has 1 saturated heterocycles. The van der Waals surface area contributed by atoms with Gasteiger partial charge in [0.15, 0.2) is 5.78 Å². The van der Waals surface area contributed by atoms with Crippen LogP contribution in [0.25, 0.3) is 10.8 Å². The Hall–Kier alpha value is -3.80. The fourth-order valence-corrected chi connectivity index (χ4v) is 9.96. The molecule has 7 rings (SSSR count). The van der Waals surface area contributed by atoms with Gasteiger partial charge < -0.3 is 14.4 Å². The molecule has 274 valence electrons. The number of nitrogens with zero attached hydrogens (tertiary/aromatic N) is 2. The molecule has 5 aliphatic rings. The largest absolute Gasteiger partial charge is 0.472 e. The van der Waals surface area contributed by atoms with E-state index in [1.807, 2.05) is 12.1 Å². The maximum atomic E-state index is 14.7. The van der Waals surface area contributed by atoms with Gasteiger partial charge in [-0.05, 0) is 92.7 Å². The van der Waals surface area contributed by atoms with Crippen LogP contribution in [0.2, 0.25) is 0 Å². The summed E-state index contributed by atoms with van der Waals surface area (Å²) >= 11 is 0. The second-order valence-electron chi connectivity index (χ2n) is 15.4. The van der Waals surface area contributed by atoms with E-state index in [1.54, 1.807) is 17.2 Å². The predicted molar refractivity (Wildman–Crippen MR) is 190 cm³/mol. The lowest BCUT2D eigenvalue weighted by molar-refractivity contribution is -0.152. The first-order valence-corrected chi connectivity index (χ1v) is 20.3. The molecule has 4 bridgehead atoms. The Labute approximate surface area is 300 Å². The fourth-order valence-electron chi connectivity index (χ4n) is 8.57.